The van der Waals surface area contributed by atoms with E-state index in [1.54, 1.807) is 44.5 Å². The van der Waals surface area contributed by atoms with Crippen LogP contribution >= 0.6 is 11.3 Å². The standard InChI is InChI=1S/C17H18N2O4S2/c1-4-11-9-13(6-8-15(11)23-3)25(21,22)18-12-5-7-14-16(10-12)24-17(20)19(14)2/h5-10,18H,4H2,1-3H3. The summed E-state index contributed by atoms with van der Waals surface area (Å²) in [5, 5.41) is 0. The van der Waals surface area contributed by atoms with Crippen molar-refractivity contribution < 1.29 is 13.2 Å². The number of thiazole rings is 1. The molecule has 1 N–H and O–H groups in total. The predicted molar refractivity (Wildman–Crippen MR) is 100 cm³/mol. The molecule has 0 radical (unpaired) electrons. The number of sulfonamides is 1. The minimum atomic E-state index is -3.73. The molecular weight excluding hydrogens is 360 g/mol. The fourth-order valence-corrected chi connectivity index (χ4v) is 4.63. The number of aromatic nitrogens is 1. The first kappa shape index (κ1) is 17.5. The van der Waals surface area contributed by atoms with Crippen molar-refractivity contribution in [2.24, 2.45) is 7.05 Å². The zero-order valence-corrected chi connectivity index (χ0v) is 15.7. The van der Waals surface area contributed by atoms with Gasteiger partial charge < -0.3 is 9.30 Å². The number of anilines is 1. The molecule has 0 bridgehead atoms. The van der Waals surface area contributed by atoms with E-state index in [-0.39, 0.29) is 9.77 Å². The van der Waals surface area contributed by atoms with Crippen LogP contribution in [0.3, 0.4) is 0 Å². The first-order valence-corrected chi connectivity index (χ1v) is 9.95. The quantitative estimate of drug-likeness (QED) is 0.740. The lowest BCUT2D eigenvalue weighted by molar-refractivity contribution is 0.409. The summed E-state index contributed by atoms with van der Waals surface area (Å²) in [5.74, 6) is 0.664. The average Bonchev–Trinajstić information content (AvgIpc) is 2.87. The highest BCUT2D eigenvalue weighted by Gasteiger charge is 2.17. The van der Waals surface area contributed by atoms with E-state index in [1.165, 1.54) is 10.6 Å². The maximum atomic E-state index is 12.7. The van der Waals surface area contributed by atoms with E-state index in [0.29, 0.717) is 17.9 Å². The molecule has 0 saturated heterocycles. The molecule has 8 heteroatoms. The predicted octanol–water partition coefficient (Wildman–Crippen LogP) is 2.97. The third kappa shape index (κ3) is 3.27. The Morgan fingerprint density at radius 2 is 1.96 bits per heavy atom. The Labute approximate surface area is 149 Å². The first-order valence-electron chi connectivity index (χ1n) is 7.65. The molecule has 3 rings (SSSR count). The van der Waals surface area contributed by atoms with Crippen LogP contribution in [-0.2, 0) is 23.5 Å². The molecule has 0 atom stereocenters. The van der Waals surface area contributed by atoms with Gasteiger partial charge in [-0.1, -0.05) is 18.3 Å². The van der Waals surface area contributed by atoms with Gasteiger partial charge in [-0.05, 0) is 48.4 Å². The summed E-state index contributed by atoms with van der Waals surface area (Å²) < 4.78 is 35.4. The topological polar surface area (TPSA) is 77.4 Å². The van der Waals surface area contributed by atoms with Gasteiger partial charge in [-0.25, -0.2) is 8.42 Å². The van der Waals surface area contributed by atoms with E-state index in [1.807, 2.05) is 6.92 Å². The molecule has 0 aliphatic heterocycles. The second-order valence-electron chi connectivity index (χ2n) is 5.54. The van der Waals surface area contributed by atoms with Crippen molar-refractivity contribution in [3.63, 3.8) is 0 Å². The third-order valence-electron chi connectivity index (χ3n) is 3.99. The lowest BCUT2D eigenvalue weighted by atomic mass is 10.1. The van der Waals surface area contributed by atoms with Crippen LogP contribution in [0.5, 0.6) is 5.75 Å². The Morgan fingerprint density at radius 1 is 1.20 bits per heavy atom. The number of rotatable bonds is 5. The Morgan fingerprint density at radius 3 is 2.64 bits per heavy atom. The lowest BCUT2D eigenvalue weighted by Gasteiger charge is -2.11. The number of aryl methyl sites for hydroxylation is 2. The molecule has 132 valence electrons. The highest BCUT2D eigenvalue weighted by atomic mass is 32.2. The molecule has 6 nitrogen and oxygen atoms in total. The SMILES string of the molecule is CCc1cc(S(=O)(=O)Nc2ccc3c(c2)sc(=O)n3C)ccc1OC. The summed E-state index contributed by atoms with van der Waals surface area (Å²) in [4.78, 5) is 11.8. The zero-order chi connectivity index (χ0) is 18.2. The molecule has 0 aliphatic carbocycles. The second kappa shape index (κ2) is 6.53. The molecule has 0 saturated carbocycles. The molecule has 0 spiro atoms. The summed E-state index contributed by atoms with van der Waals surface area (Å²) in [5.41, 5.74) is 2.01. The first-order chi connectivity index (χ1) is 11.9. The van der Waals surface area contributed by atoms with Gasteiger partial charge in [0.15, 0.2) is 0 Å². The summed E-state index contributed by atoms with van der Waals surface area (Å²) in [6, 6.07) is 9.83. The fraction of sp³-hybridized carbons (Fsp3) is 0.235. The number of benzene rings is 2. The van der Waals surface area contributed by atoms with Gasteiger partial charge in [0.1, 0.15) is 5.75 Å². The van der Waals surface area contributed by atoms with Crippen LogP contribution in [-0.4, -0.2) is 20.1 Å². The number of methoxy groups -OCH3 is 1. The number of hydrogen-bond acceptors (Lipinski definition) is 5. The molecule has 0 unspecified atom stereocenters. The van der Waals surface area contributed by atoms with Crippen molar-refractivity contribution in [1.82, 2.24) is 4.57 Å². The normalized spacial score (nSPS) is 11.6. The Balaban J connectivity index is 1.97. The number of hydrogen-bond donors (Lipinski definition) is 1. The highest BCUT2D eigenvalue weighted by molar-refractivity contribution is 7.92. The van der Waals surface area contributed by atoms with Gasteiger partial charge in [0.2, 0.25) is 0 Å². The summed E-state index contributed by atoms with van der Waals surface area (Å²) in [6.45, 7) is 1.94. The Kier molecular flexibility index (Phi) is 4.57. The highest BCUT2D eigenvalue weighted by Crippen LogP contribution is 2.26. The van der Waals surface area contributed by atoms with Gasteiger partial charge in [-0.2, -0.15) is 0 Å². The minimum absolute atomic E-state index is 0.0854. The number of nitrogens with one attached hydrogen (secondary N) is 1. The smallest absolute Gasteiger partial charge is 0.307 e. The Hall–Kier alpha value is -2.32. The van der Waals surface area contributed by atoms with Crippen LogP contribution in [0.25, 0.3) is 10.2 Å². The molecule has 1 aromatic heterocycles. The summed E-state index contributed by atoms with van der Waals surface area (Å²) in [6.07, 6.45) is 0.663. The van der Waals surface area contributed by atoms with E-state index in [4.69, 9.17) is 4.74 Å². The third-order valence-corrected chi connectivity index (χ3v) is 6.36. The van der Waals surface area contributed by atoms with Gasteiger partial charge in [-0.3, -0.25) is 9.52 Å². The maximum Gasteiger partial charge on any atom is 0.307 e. The number of fused-ring (bicyclic) bond motifs is 1. The molecule has 0 amide bonds. The molecule has 25 heavy (non-hydrogen) atoms. The van der Waals surface area contributed by atoms with Crippen molar-refractivity contribution in [3.8, 4) is 5.75 Å². The Bertz CT molecular complexity index is 1100. The molecule has 0 aliphatic rings. The van der Waals surface area contributed by atoms with Crippen LogP contribution in [0.15, 0.2) is 46.1 Å². The van der Waals surface area contributed by atoms with Crippen LogP contribution in [0.1, 0.15) is 12.5 Å². The molecular formula is C17H18N2O4S2. The van der Waals surface area contributed by atoms with Crippen molar-refractivity contribution in [3.05, 3.63) is 51.6 Å². The van der Waals surface area contributed by atoms with Gasteiger partial charge in [0.25, 0.3) is 10.0 Å². The summed E-state index contributed by atoms with van der Waals surface area (Å²) in [7, 11) is -0.483. The van der Waals surface area contributed by atoms with E-state index in [0.717, 1.165) is 27.1 Å². The van der Waals surface area contributed by atoms with E-state index in [2.05, 4.69) is 4.72 Å². The average molecular weight is 378 g/mol. The van der Waals surface area contributed by atoms with Crippen molar-refractivity contribution in [1.29, 1.82) is 0 Å². The number of ether oxygens (including phenoxy) is 1. The van der Waals surface area contributed by atoms with Crippen molar-refractivity contribution in [2.75, 3.05) is 11.8 Å². The van der Waals surface area contributed by atoms with Crippen LogP contribution in [0.2, 0.25) is 0 Å². The lowest BCUT2D eigenvalue weighted by Crippen LogP contribution is -2.13. The second-order valence-corrected chi connectivity index (χ2v) is 8.22. The van der Waals surface area contributed by atoms with Gasteiger partial charge in [0.05, 0.1) is 27.9 Å². The summed E-state index contributed by atoms with van der Waals surface area (Å²) >= 11 is 1.08. The van der Waals surface area contributed by atoms with Crippen LogP contribution in [0.4, 0.5) is 5.69 Å². The fourth-order valence-electron chi connectivity index (χ4n) is 2.61. The van der Waals surface area contributed by atoms with E-state index >= 15 is 0 Å². The molecule has 1 heterocycles. The van der Waals surface area contributed by atoms with E-state index < -0.39 is 10.0 Å². The van der Waals surface area contributed by atoms with Crippen molar-refractivity contribution >= 4 is 37.3 Å². The minimum Gasteiger partial charge on any atom is -0.496 e. The number of nitrogens with zero attached hydrogens (tertiary/aromatic N) is 1. The molecule has 0 fully saturated rings. The zero-order valence-electron chi connectivity index (χ0n) is 14.1. The van der Waals surface area contributed by atoms with Crippen LogP contribution < -0.4 is 14.3 Å². The van der Waals surface area contributed by atoms with Crippen LogP contribution in [0, 0.1) is 0 Å². The van der Waals surface area contributed by atoms with Crippen molar-refractivity contribution in [2.45, 2.75) is 18.2 Å². The molecule has 2 aromatic carbocycles. The maximum absolute atomic E-state index is 12.7. The van der Waals surface area contributed by atoms with E-state index in [9.17, 15) is 13.2 Å². The molecule has 3 aromatic rings. The van der Waals surface area contributed by atoms with Gasteiger partial charge in [-0.15, -0.1) is 0 Å². The monoisotopic (exact) mass is 378 g/mol. The largest absolute Gasteiger partial charge is 0.496 e. The van der Waals surface area contributed by atoms with Gasteiger partial charge >= 0.3 is 4.87 Å². The van der Waals surface area contributed by atoms with Gasteiger partial charge in [0, 0.05) is 7.05 Å².